The number of nitrogens with zero attached hydrogens (tertiary/aromatic N) is 3. The van der Waals surface area contributed by atoms with Gasteiger partial charge in [0.2, 0.25) is 10.0 Å². The number of aromatic nitrogens is 3. The Labute approximate surface area is 186 Å². The minimum atomic E-state index is -3.73. The Morgan fingerprint density at radius 2 is 1.97 bits per heavy atom. The van der Waals surface area contributed by atoms with Gasteiger partial charge in [0.15, 0.2) is 5.65 Å². The van der Waals surface area contributed by atoms with E-state index in [0.29, 0.717) is 40.7 Å². The van der Waals surface area contributed by atoms with Crippen molar-refractivity contribution in [3.8, 4) is 5.75 Å². The molecule has 31 heavy (non-hydrogen) atoms. The summed E-state index contributed by atoms with van der Waals surface area (Å²) < 4.78 is 33.5. The van der Waals surface area contributed by atoms with E-state index in [-0.39, 0.29) is 17.4 Å². The quantitative estimate of drug-likeness (QED) is 0.546. The molecule has 0 unspecified atom stereocenters. The van der Waals surface area contributed by atoms with Crippen molar-refractivity contribution in [3.05, 3.63) is 52.4 Å². The molecule has 0 aliphatic heterocycles. The van der Waals surface area contributed by atoms with Crippen LogP contribution in [0, 0.1) is 12.8 Å². The lowest BCUT2D eigenvalue weighted by molar-refractivity contribution is 0.0977. The van der Waals surface area contributed by atoms with Gasteiger partial charge in [-0.2, -0.15) is 0 Å². The van der Waals surface area contributed by atoms with E-state index >= 15 is 0 Å². The molecule has 1 aromatic carbocycles. The van der Waals surface area contributed by atoms with Crippen molar-refractivity contribution < 1.29 is 17.9 Å². The van der Waals surface area contributed by atoms with Gasteiger partial charge >= 0.3 is 0 Å². The summed E-state index contributed by atoms with van der Waals surface area (Å²) in [6.07, 6.45) is 0.462. The van der Waals surface area contributed by atoms with E-state index in [1.54, 1.807) is 19.2 Å². The van der Waals surface area contributed by atoms with Crippen LogP contribution in [-0.2, 0) is 16.6 Å². The number of amides is 1. The second-order valence-electron chi connectivity index (χ2n) is 7.67. The van der Waals surface area contributed by atoms with Gasteiger partial charge < -0.3 is 9.30 Å². The first-order valence-corrected chi connectivity index (χ1v) is 11.8. The van der Waals surface area contributed by atoms with E-state index in [2.05, 4.69) is 14.7 Å². The Morgan fingerprint density at radius 3 is 2.61 bits per heavy atom. The van der Waals surface area contributed by atoms with E-state index < -0.39 is 15.9 Å². The number of nitrogens with one attached hydrogen (secondary N) is 1. The number of hydrogen-bond acceptors (Lipinski definition) is 6. The molecule has 0 aliphatic rings. The molecule has 2 heterocycles. The monoisotopic (exact) mass is 464 g/mol. The van der Waals surface area contributed by atoms with Crippen molar-refractivity contribution >= 4 is 38.7 Å². The summed E-state index contributed by atoms with van der Waals surface area (Å²) >= 11 is 6.37. The smallest absolute Gasteiger partial charge is 0.283 e. The van der Waals surface area contributed by atoms with Crippen LogP contribution in [0.2, 0.25) is 5.02 Å². The molecule has 0 saturated carbocycles. The zero-order chi connectivity index (χ0) is 22.8. The number of sulfonamides is 1. The lowest BCUT2D eigenvalue weighted by Crippen LogP contribution is -2.33. The molecular formula is C21H25ClN4O4S. The average Bonchev–Trinajstić information content (AvgIpc) is 3.02. The lowest BCUT2D eigenvalue weighted by atomic mass is 10.2. The molecule has 3 aromatic rings. The first-order valence-electron chi connectivity index (χ1n) is 9.80. The van der Waals surface area contributed by atoms with Crippen LogP contribution in [0.25, 0.3) is 11.2 Å². The van der Waals surface area contributed by atoms with E-state index in [0.717, 1.165) is 5.56 Å². The topological polar surface area (TPSA) is 103 Å². The molecule has 1 N–H and O–H groups in total. The Hall–Kier alpha value is -2.65. The van der Waals surface area contributed by atoms with E-state index in [4.69, 9.17) is 16.3 Å². The number of methoxy groups -OCH3 is 1. The van der Waals surface area contributed by atoms with Gasteiger partial charge in [0.1, 0.15) is 22.8 Å². The number of benzene rings is 1. The molecule has 10 heteroatoms. The van der Waals surface area contributed by atoms with Crippen LogP contribution >= 0.6 is 11.6 Å². The summed E-state index contributed by atoms with van der Waals surface area (Å²) in [5, 5.41) is 0.533. The molecule has 0 aliphatic carbocycles. The van der Waals surface area contributed by atoms with Crippen molar-refractivity contribution in [2.45, 2.75) is 33.7 Å². The molecule has 8 nitrogen and oxygen atoms in total. The maximum absolute atomic E-state index is 12.5. The van der Waals surface area contributed by atoms with Gasteiger partial charge in [-0.15, -0.1) is 0 Å². The highest BCUT2D eigenvalue weighted by Gasteiger charge is 2.19. The predicted octanol–water partition coefficient (Wildman–Crippen LogP) is 3.56. The number of ether oxygens (including phenoxy) is 1. The van der Waals surface area contributed by atoms with Crippen LogP contribution < -0.4 is 9.46 Å². The minimum absolute atomic E-state index is 0.00241. The fourth-order valence-corrected chi connectivity index (χ4v) is 4.52. The number of pyridine rings is 1. The molecule has 0 saturated heterocycles. The highest BCUT2D eigenvalue weighted by Crippen LogP contribution is 2.25. The molecule has 166 valence electrons. The highest BCUT2D eigenvalue weighted by molar-refractivity contribution is 7.90. The summed E-state index contributed by atoms with van der Waals surface area (Å²) in [7, 11) is -2.17. The number of hydrogen-bond donors (Lipinski definition) is 1. The summed E-state index contributed by atoms with van der Waals surface area (Å²) in [5.74, 6) is 0.668. The van der Waals surface area contributed by atoms with Gasteiger partial charge in [0.25, 0.3) is 5.91 Å². The number of halogens is 1. The Balaban J connectivity index is 1.89. The average molecular weight is 465 g/mol. The van der Waals surface area contributed by atoms with Gasteiger partial charge in [0, 0.05) is 5.02 Å². The zero-order valence-electron chi connectivity index (χ0n) is 17.8. The number of carbonyl (C=O) groups is 1. The molecule has 0 bridgehead atoms. The summed E-state index contributed by atoms with van der Waals surface area (Å²) in [6, 6.07) is 8.50. The second-order valence-corrected chi connectivity index (χ2v) is 9.92. The fourth-order valence-electron chi connectivity index (χ4n) is 3.02. The first kappa shape index (κ1) is 23.0. The molecule has 2 aromatic heterocycles. The Morgan fingerprint density at radius 1 is 1.23 bits per heavy atom. The van der Waals surface area contributed by atoms with Gasteiger partial charge in [-0.05, 0) is 49.1 Å². The van der Waals surface area contributed by atoms with Gasteiger partial charge in [-0.25, -0.2) is 23.1 Å². The normalized spacial score (nSPS) is 11.8. The lowest BCUT2D eigenvalue weighted by Gasteiger charge is -2.11. The van der Waals surface area contributed by atoms with Crippen LogP contribution in [0.5, 0.6) is 5.75 Å². The third-order valence-electron chi connectivity index (χ3n) is 4.82. The standard InChI is InChI=1S/C21H25ClN4O4S/c1-13(2)9-10-31(28,29)25-21(27)19-8-7-18-20(24-19)26(14(3)23-18)12-15-5-6-16(30-4)11-17(15)22/h5-8,11,13H,9-10,12H2,1-4H3,(H,25,27). The number of imidazole rings is 1. The molecule has 0 atom stereocenters. The molecular weight excluding hydrogens is 440 g/mol. The van der Waals surface area contributed by atoms with Crippen molar-refractivity contribution in [1.29, 1.82) is 0 Å². The van der Waals surface area contributed by atoms with E-state index in [1.807, 2.05) is 37.5 Å². The minimum Gasteiger partial charge on any atom is -0.497 e. The van der Waals surface area contributed by atoms with Crippen LogP contribution in [0.15, 0.2) is 30.3 Å². The summed E-state index contributed by atoms with van der Waals surface area (Å²) in [5.41, 5.74) is 1.90. The Bertz CT molecular complexity index is 1220. The number of aryl methyl sites for hydroxylation is 1. The fraction of sp³-hybridized carbons (Fsp3) is 0.381. The second kappa shape index (κ2) is 9.23. The highest BCUT2D eigenvalue weighted by atomic mass is 35.5. The summed E-state index contributed by atoms with van der Waals surface area (Å²) in [6.45, 7) is 6.06. The maximum atomic E-state index is 12.5. The largest absolute Gasteiger partial charge is 0.497 e. The molecule has 0 spiro atoms. The third-order valence-corrected chi connectivity index (χ3v) is 6.44. The van der Waals surface area contributed by atoms with Gasteiger partial charge in [0.05, 0.1) is 19.4 Å². The molecule has 3 rings (SSSR count). The van der Waals surface area contributed by atoms with Crippen molar-refractivity contribution in [2.75, 3.05) is 12.9 Å². The summed E-state index contributed by atoms with van der Waals surface area (Å²) in [4.78, 5) is 21.4. The van der Waals surface area contributed by atoms with Crippen molar-refractivity contribution in [3.63, 3.8) is 0 Å². The van der Waals surface area contributed by atoms with Crippen molar-refractivity contribution in [1.82, 2.24) is 19.3 Å². The van der Waals surface area contributed by atoms with Crippen LogP contribution in [0.3, 0.4) is 0 Å². The Kier molecular flexibility index (Phi) is 6.86. The number of carbonyl (C=O) groups excluding carboxylic acids is 1. The van der Waals surface area contributed by atoms with Crippen molar-refractivity contribution in [2.24, 2.45) is 5.92 Å². The third kappa shape index (κ3) is 5.54. The first-order chi connectivity index (χ1) is 14.6. The molecule has 0 fully saturated rings. The maximum Gasteiger partial charge on any atom is 0.283 e. The van der Waals surface area contributed by atoms with Crippen LogP contribution in [0.1, 0.15) is 42.1 Å². The SMILES string of the molecule is COc1ccc(Cn2c(C)nc3ccc(C(=O)NS(=O)(=O)CCC(C)C)nc32)c(Cl)c1. The predicted molar refractivity (Wildman–Crippen MR) is 120 cm³/mol. The van der Waals surface area contributed by atoms with Gasteiger partial charge in [-0.1, -0.05) is 31.5 Å². The van der Waals surface area contributed by atoms with E-state index in [9.17, 15) is 13.2 Å². The zero-order valence-corrected chi connectivity index (χ0v) is 19.4. The number of rotatable bonds is 8. The van der Waals surface area contributed by atoms with Crippen LogP contribution in [0.4, 0.5) is 0 Å². The van der Waals surface area contributed by atoms with Gasteiger partial charge in [-0.3, -0.25) is 4.79 Å². The molecule has 0 radical (unpaired) electrons. The molecule has 1 amide bonds. The van der Waals surface area contributed by atoms with E-state index in [1.165, 1.54) is 6.07 Å². The number of fused-ring (bicyclic) bond motifs is 1. The van der Waals surface area contributed by atoms with Crippen LogP contribution in [-0.4, -0.2) is 41.7 Å².